The van der Waals surface area contributed by atoms with E-state index in [0.29, 0.717) is 5.56 Å². The van der Waals surface area contributed by atoms with Gasteiger partial charge in [-0.15, -0.1) is 11.6 Å². The first-order chi connectivity index (χ1) is 8.45. The third-order valence-electron chi connectivity index (χ3n) is 2.34. The number of benzene rings is 1. The highest BCUT2D eigenvalue weighted by molar-refractivity contribution is 9.10. The van der Waals surface area contributed by atoms with Crippen LogP contribution in [0.5, 0.6) is 0 Å². The molecule has 18 heavy (non-hydrogen) atoms. The number of ether oxygens (including phenoxy) is 1. The minimum Gasteiger partial charge on any atom is -0.468 e. The molecule has 6 heteroatoms. The van der Waals surface area contributed by atoms with Crippen LogP contribution in [0.1, 0.15) is 15.9 Å². The van der Waals surface area contributed by atoms with Gasteiger partial charge < -0.3 is 10.1 Å². The zero-order chi connectivity index (χ0) is 13.7. The highest BCUT2D eigenvalue weighted by atomic mass is 79.9. The first kappa shape index (κ1) is 15.0. The monoisotopic (exact) mass is 333 g/mol. The standard InChI is InChI=1S/C12H13BrClNO3/c1-7-3-4-8(13)5-9(7)11(16)15-6-10(14)12(17)18-2/h3-5,10H,6H2,1-2H3,(H,15,16). The Morgan fingerprint density at radius 3 is 2.78 bits per heavy atom. The van der Waals surface area contributed by atoms with Crippen LogP contribution in [0, 0.1) is 6.92 Å². The molecule has 0 radical (unpaired) electrons. The zero-order valence-electron chi connectivity index (χ0n) is 10.00. The average Bonchev–Trinajstić information content (AvgIpc) is 2.37. The summed E-state index contributed by atoms with van der Waals surface area (Å²) in [6.07, 6.45) is 0. The Bertz CT molecular complexity index is 465. The normalized spacial score (nSPS) is 11.8. The second-order valence-electron chi connectivity index (χ2n) is 3.66. The van der Waals surface area contributed by atoms with Crippen molar-refractivity contribution >= 4 is 39.4 Å². The number of methoxy groups -OCH3 is 1. The molecule has 0 aliphatic heterocycles. The highest BCUT2D eigenvalue weighted by Gasteiger charge is 2.17. The maximum Gasteiger partial charge on any atom is 0.325 e. The molecule has 1 atom stereocenters. The number of hydrogen-bond donors (Lipinski definition) is 1. The number of carbonyl (C=O) groups excluding carboxylic acids is 2. The van der Waals surface area contributed by atoms with E-state index in [9.17, 15) is 9.59 Å². The topological polar surface area (TPSA) is 55.4 Å². The van der Waals surface area contributed by atoms with Gasteiger partial charge in [0.1, 0.15) is 5.38 Å². The maximum absolute atomic E-state index is 11.9. The summed E-state index contributed by atoms with van der Waals surface area (Å²) in [7, 11) is 1.25. The number of alkyl halides is 1. The molecular weight excluding hydrogens is 321 g/mol. The average molecular weight is 335 g/mol. The van der Waals surface area contributed by atoms with Gasteiger partial charge in [-0.1, -0.05) is 22.0 Å². The lowest BCUT2D eigenvalue weighted by Crippen LogP contribution is -2.34. The van der Waals surface area contributed by atoms with E-state index < -0.39 is 11.3 Å². The van der Waals surface area contributed by atoms with Crippen molar-refractivity contribution in [2.75, 3.05) is 13.7 Å². The molecule has 0 saturated carbocycles. The van der Waals surface area contributed by atoms with Gasteiger partial charge in [-0.2, -0.15) is 0 Å². The van der Waals surface area contributed by atoms with Gasteiger partial charge in [0.15, 0.2) is 0 Å². The number of carbonyl (C=O) groups is 2. The molecular formula is C12H13BrClNO3. The summed E-state index contributed by atoms with van der Waals surface area (Å²) in [6, 6.07) is 5.40. The lowest BCUT2D eigenvalue weighted by atomic mass is 10.1. The van der Waals surface area contributed by atoms with E-state index in [2.05, 4.69) is 26.0 Å². The van der Waals surface area contributed by atoms with Crippen LogP contribution in [-0.2, 0) is 9.53 Å². The smallest absolute Gasteiger partial charge is 0.325 e. The Kier molecular flexibility index (Phi) is 5.62. The zero-order valence-corrected chi connectivity index (χ0v) is 12.3. The van der Waals surface area contributed by atoms with Gasteiger partial charge in [-0.05, 0) is 24.6 Å². The van der Waals surface area contributed by atoms with Crippen molar-refractivity contribution < 1.29 is 14.3 Å². The summed E-state index contributed by atoms with van der Waals surface area (Å²) in [6.45, 7) is 1.86. The van der Waals surface area contributed by atoms with Crippen LogP contribution < -0.4 is 5.32 Å². The van der Waals surface area contributed by atoms with Gasteiger partial charge in [-0.3, -0.25) is 9.59 Å². The Labute approximate surface area is 119 Å². The molecule has 1 aromatic carbocycles. The van der Waals surface area contributed by atoms with Crippen molar-refractivity contribution in [1.82, 2.24) is 5.32 Å². The van der Waals surface area contributed by atoms with Crippen molar-refractivity contribution in [1.29, 1.82) is 0 Å². The number of amides is 1. The van der Waals surface area contributed by atoms with Crippen LogP contribution in [0.15, 0.2) is 22.7 Å². The SMILES string of the molecule is COC(=O)C(Cl)CNC(=O)c1cc(Br)ccc1C. The number of hydrogen-bond acceptors (Lipinski definition) is 3. The summed E-state index contributed by atoms with van der Waals surface area (Å²) in [5.41, 5.74) is 1.39. The molecule has 0 fully saturated rings. The van der Waals surface area contributed by atoms with Crippen LogP contribution in [0.25, 0.3) is 0 Å². The molecule has 0 aliphatic rings. The van der Waals surface area contributed by atoms with Crippen LogP contribution in [-0.4, -0.2) is 30.9 Å². The molecule has 0 saturated heterocycles. The van der Waals surface area contributed by atoms with E-state index in [1.165, 1.54) is 7.11 Å². The fraction of sp³-hybridized carbons (Fsp3) is 0.333. The number of halogens is 2. The second-order valence-corrected chi connectivity index (χ2v) is 5.10. The van der Waals surface area contributed by atoms with Crippen LogP contribution in [0.4, 0.5) is 0 Å². The molecule has 0 heterocycles. The quantitative estimate of drug-likeness (QED) is 0.679. The predicted molar refractivity (Wildman–Crippen MR) is 72.9 cm³/mol. The first-order valence-electron chi connectivity index (χ1n) is 5.22. The van der Waals surface area contributed by atoms with E-state index in [1.54, 1.807) is 6.07 Å². The number of aryl methyl sites for hydroxylation is 1. The van der Waals surface area contributed by atoms with E-state index in [1.807, 2.05) is 19.1 Å². The number of nitrogens with one attached hydrogen (secondary N) is 1. The van der Waals surface area contributed by atoms with Crippen molar-refractivity contribution in [2.24, 2.45) is 0 Å². The molecule has 0 aliphatic carbocycles. The fourth-order valence-electron chi connectivity index (χ4n) is 1.33. The van der Waals surface area contributed by atoms with Gasteiger partial charge in [0, 0.05) is 16.6 Å². The molecule has 1 unspecified atom stereocenters. The van der Waals surface area contributed by atoms with E-state index in [0.717, 1.165) is 10.0 Å². The van der Waals surface area contributed by atoms with Gasteiger partial charge in [0.05, 0.1) is 7.11 Å². The van der Waals surface area contributed by atoms with E-state index in [-0.39, 0.29) is 12.5 Å². The molecule has 1 N–H and O–H groups in total. The molecule has 1 aromatic rings. The van der Waals surface area contributed by atoms with E-state index in [4.69, 9.17) is 11.6 Å². The summed E-state index contributed by atoms with van der Waals surface area (Å²) < 4.78 is 5.28. The second kappa shape index (κ2) is 6.75. The Hall–Kier alpha value is -1.07. The van der Waals surface area contributed by atoms with Crippen LogP contribution >= 0.6 is 27.5 Å². The minimum atomic E-state index is -0.883. The Morgan fingerprint density at radius 2 is 2.17 bits per heavy atom. The lowest BCUT2D eigenvalue weighted by molar-refractivity contribution is -0.140. The largest absolute Gasteiger partial charge is 0.468 e. The van der Waals surface area contributed by atoms with E-state index >= 15 is 0 Å². The van der Waals surface area contributed by atoms with Gasteiger partial charge >= 0.3 is 5.97 Å². The molecule has 0 spiro atoms. The number of esters is 1. The van der Waals surface area contributed by atoms with Gasteiger partial charge in [0.2, 0.25) is 0 Å². The summed E-state index contributed by atoms with van der Waals surface area (Å²) in [4.78, 5) is 23.0. The maximum atomic E-state index is 11.9. The molecule has 4 nitrogen and oxygen atoms in total. The van der Waals surface area contributed by atoms with Crippen molar-refractivity contribution in [2.45, 2.75) is 12.3 Å². The van der Waals surface area contributed by atoms with Crippen LogP contribution in [0.2, 0.25) is 0 Å². The molecule has 0 bridgehead atoms. The minimum absolute atomic E-state index is 0.0268. The first-order valence-corrected chi connectivity index (χ1v) is 6.45. The molecule has 1 amide bonds. The lowest BCUT2D eigenvalue weighted by Gasteiger charge is -2.10. The van der Waals surface area contributed by atoms with Gasteiger partial charge in [-0.25, -0.2) is 0 Å². The fourth-order valence-corrected chi connectivity index (χ4v) is 1.85. The number of rotatable bonds is 4. The van der Waals surface area contributed by atoms with Crippen molar-refractivity contribution in [3.05, 3.63) is 33.8 Å². The Morgan fingerprint density at radius 1 is 1.50 bits per heavy atom. The van der Waals surface area contributed by atoms with Crippen molar-refractivity contribution in [3.8, 4) is 0 Å². The summed E-state index contributed by atoms with van der Waals surface area (Å²) >= 11 is 9.03. The molecule has 98 valence electrons. The molecule has 0 aromatic heterocycles. The van der Waals surface area contributed by atoms with Crippen molar-refractivity contribution in [3.63, 3.8) is 0 Å². The highest BCUT2D eigenvalue weighted by Crippen LogP contribution is 2.15. The third-order valence-corrected chi connectivity index (χ3v) is 3.17. The third kappa shape index (κ3) is 3.99. The summed E-state index contributed by atoms with van der Waals surface area (Å²) in [5, 5.41) is 1.71. The Balaban J connectivity index is 2.66. The van der Waals surface area contributed by atoms with Gasteiger partial charge in [0.25, 0.3) is 5.91 Å². The predicted octanol–water partition coefficient (Wildman–Crippen LogP) is 2.27. The summed E-state index contributed by atoms with van der Waals surface area (Å²) in [5.74, 6) is -0.841. The molecule has 1 rings (SSSR count). The van der Waals surface area contributed by atoms with Crippen LogP contribution in [0.3, 0.4) is 0 Å².